The van der Waals surface area contributed by atoms with Crippen molar-refractivity contribution in [3.05, 3.63) is 52.1 Å². The van der Waals surface area contributed by atoms with E-state index in [0.717, 1.165) is 6.07 Å². The molecule has 26 heavy (non-hydrogen) atoms. The molecule has 0 amide bonds. The Morgan fingerprint density at radius 2 is 1.73 bits per heavy atom. The second-order valence-corrected chi connectivity index (χ2v) is 7.25. The highest BCUT2D eigenvalue weighted by atomic mass is 32.2. The Labute approximate surface area is 152 Å². The van der Waals surface area contributed by atoms with Crippen molar-refractivity contribution >= 4 is 21.4 Å². The van der Waals surface area contributed by atoms with Gasteiger partial charge in [-0.25, -0.2) is 8.42 Å². The largest absolute Gasteiger partial charge is 0.493 e. The van der Waals surface area contributed by atoms with E-state index < -0.39 is 14.9 Å². The van der Waals surface area contributed by atoms with Gasteiger partial charge in [0.05, 0.1) is 29.7 Å². The van der Waals surface area contributed by atoms with E-state index in [4.69, 9.17) is 9.47 Å². The fourth-order valence-electron chi connectivity index (χ4n) is 2.57. The quantitative estimate of drug-likeness (QED) is 0.540. The molecule has 140 valence electrons. The number of rotatable bonds is 7. The van der Waals surface area contributed by atoms with Gasteiger partial charge in [-0.15, -0.1) is 0 Å². The number of sulfonamides is 1. The zero-order valence-electron chi connectivity index (χ0n) is 14.9. The first-order valence-electron chi connectivity index (χ1n) is 7.76. The van der Waals surface area contributed by atoms with Crippen LogP contribution in [0, 0.1) is 17.0 Å². The van der Waals surface area contributed by atoms with Gasteiger partial charge in [0.2, 0.25) is 0 Å². The first-order chi connectivity index (χ1) is 12.3. The molecule has 2 aromatic carbocycles. The Morgan fingerprint density at radius 1 is 1.08 bits per heavy atom. The van der Waals surface area contributed by atoms with E-state index in [1.54, 1.807) is 32.0 Å². The van der Waals surface area contributed by atoms with Crippen LogP contribution in [0.5, 0.6) is 11.5 Å². The second-order valence-electron chi connectivity index (χ2n) is 5.42. The molecule has 0 N–H and O–H groups in total. The minimum atomic E-state index is -4.00. The normalized spacial score (nSPS) is 11.1. The lowest BCUT2D eigenvalue weighted by Gasteiger charge is -2.24. The fraction of sp³-hybridized carbons (Fsp3) is 0.294. The SMILES string of the molecule is CCN(c1ccc(OC)c(OC)c1)S(=O)(=O)c1cc([N+](=O)[O-])ccc1C. The fourth-order valence-corrected chi connectivity index (χ4v) is 4.28. The molecule has 0 unspecified atom stereocenters. The molecule has 0 saturated heterocycles. The zero-order chi connectivity index (χ0) is 19.5. The summed E-state index contributed by atoms with van der Waals surface area (Å²) < 4.78 is 37.9. The highest BCUT2D eigenvalue weighted by Crippen LogP contribution is 2.34. The van der Waals surface area contributed by atoms with Gasteiger partial charge >= 0.3 is 0 Å². The molecule has 0 aliphatic heterocycles. The van der Waals surface area contributed by atoms with Crippen molar-refractivity contribution in [1.29, 1.82) is 0 Å². The number of non-ortho nitro benzene ring substituents is 1. The lowest BCUT2D eigenvalue weighted by molar-refractivity contribution is -0.385. The standard InChI is InChI=1S/C17H20N2O6S/c1-5-18(13-8-9-15(24-3)16(10-13)25-4)26(22,23)17-11-14(19(20)21)7-6-12(17)2/h6-11H,5H2,1-4H3. The predicted molar refractivity (Wildman–Crippen MR) is 97.6 cm³/mol. The monoisotopic (exact) mass is 380 g/mol. The van der Waals surface area contributed by atoms with Gasteiger partial charge in [0, 0.05) is 24.7 Å². The number of hydrogen-bond donors (Lipinski definition) is 0. The molecule has 0 fully saturated rings. The Hall–Kier alpha value is -2.81. The smallest absolute Gasteiger partial charge is 0.270 e. The van der Waals surface area contributed by atoms with Gasteiger partial charge in [-0.1, -0.05) is 6.07 Å². The number of benzene rings is 2. The van der Waals surface area contributed by atoms with Crippen molar-refractivity contribution in [2.24, 2.45) is 0 Å². The number of nitrogens with zero attached hydrogens (tertiary/aromatic N) is 2. The number of aryl methyl sites for hydroxylation is 1. The summed E-state index contributed by atoms with van der Waals surface area (Å²) in [6.45, 7) is 3.42. The topological polar surface area (TPSA) is 99.0 Å². The third-order valence-corrected chi connectivity index (χ3v) is 5.94. The lowest BCUT2D eigenvalue weighted by Crippen LogP contribution is -2.31. The molecule has 0 aliphatic carbocycles. The van der Waals surface area contributed by atoms with Gasteiger partial charge in [-0.3, -0.25) is 14.4 Å². The summed E-state index contributed by atoms with van der Waals surface area (Å²) in [5.41, 5.74) is 0.517. The number of hydrogen-bond acceptors (Lipinski definition) is 6. The molecule has 8 nitrogen and oxygen atoms in total. The molecular weight excluding hydrogens is 360 g/mol. The number of ether oxygens (including phenoxy) is 2. The molecule has 0 heterocycles. The van der Waals surface area contributed by atoms with Gasteiger partial charge < -0.3 is 9.47 Å². The molecule has 9 heteroatoms. The Kier molecular flexibility index (Phi) is 5.71. The van der Waals surface area contributed by atoms with Crippen LogP contribution < -0.4 is 13.8 Å². The van der Waals surface area contributed by atoms with Crippen LogP contribution in [0.3, 0.4) is 0 Å². The van der Waals surface area contributed by atoms with Crippen molar-refractivity contribution in [3.63, 3.8) is 0 Å². The summed E-state index contributed by atoms with van der Waals surface area (Å²) in [6, 6.07) is 8.52. The molecular formula is C17H20N2O6S. The van der Waals surface area contributed by atoms with Gasteiger partial charge in [-0.05, 0) is 31.5 Å². The maximum Gasteiger partial charge on any atom is 0.270 e. The molecule has 0 aromatic heterocycles. The Bertz CT molecular complexity index is 927. The number of anilines is 1. The van der Waals surface area contributed by atoms with E-state index in [-0.39, 0.29) is 17.1 Å². The minimum Gasteiger partial charge on any atom is -0.493 e. The summed E-state index contributed by atoms with van der Waals surface area (Å²) in [5, 5.41) is 11.0. The molecule has 0 aliphatic rings. The van der Waals surface area contributed by atoms with Crippen LogP contribution in [0.2, 0.25) is 0 Å². The van der Waals surface area contributed by atoms with Crippen LogP contribution in [-0.4, -0.2) is 34.1 Å². The average molecular weight is 380 g/mol. The van der Waals surface area contributed by atoms with Crippen LogP contribution in [0.15, 0.2) is 41.3 Å². The summed E-state index contributed by atoms with van der Waals surface area (Å²) in [4.78, 5) is 10.3. The Morgan fingerprint density at radius 3 is 2.27 bits per heavy atom. The van der Waals surface area contributed by atoms with E-state index >= 15 is 0 Å². The molecule has 0 atom stereocenters. The van der Waals surface area contributed by atoms with Gasteiger partial charge in [-0.2, -0.15) is 0 Å². The van der Waals surface area contributed by atoms with Crippen LogP contribution >= 0.6 is 0 Å². The summed E-state index contributed by atoms with van der Waals surface area (Å²) in [7, 11) is -1.06. The van der Waals surface area contributed by atoms with Crippen LogP contribution in [0.25, 0.3) is 0 Å². The molecule has 2 rings (SSSR count). The van der Waals surface area contributed by atoms with Crippen LogP contribution in [-0.2, 0) is 10.0 Å². The van der Waals surface area contributed by atoms with E-state index in [2.05, 4.69) is 0 Å². The van der Waals surface area contributed by atoms with Crippen LogP contribution in [0.1, 0.15) is 12.5 Å². The van der Waals surface area contributed by atoms with Gasteiger partial charge in [0.1, 0.15) is 0 Å². The maximum absolute atomic E-state index is 13.1. The minimum absolute atomic E-state index is 0.108. The molecule has 0 spiro atoms. The van der Waals surface area contributed by atoms with E-state index in [9.17, 15) is 18.5 Å². The number of methoxy groups -OCH3 is 2. The van der Waals surface area contributed by atoms with Crippen molar-refractivity contribution in [3.8, 4) is 11.5 Å². The van der Waals surface area contributed by atoms with Crippen molar-refractivity contribution in [2.45, 2.75) is 18.7 Å². The Balaban J connectivity index is 2.59. The third-order valence-electron chi connectivity index (χ3n) is 3.89. The number of nitro groups is 1. The van der Waals surface area contributed by atoms with E-state index in [0.29, 0.717) is 22.7 Å². The highest BCUT2D eigenvalue weighted by Gasteiger charge is 2.28. The van der Waals surface area contributed by atoms with E-state index in [1.807, 2.05) is 0 Å². The summed E-state index contributed by atoms with van der Waals surface area (Å²) in [6.07, 6.45) is 0. The van der Waals surface area contributed by atoms with Crippen molar-refractivity contribution in [1.82, 2.24) is 0 Å². The van der Waals surface area contributed by atoms with Crippen molar-refractivity contribution in [2.75, 3.05) is 25.1 Å². The number of nitro benzene ring substituents is 1. The van der Waals surface area contributed by atoms with E-state index in [1.165, 1.54) is 30.7 Å². The van der Waals surface area contributed by atoms with Gasteiger partial charge in [0.15, 0.2) is 11.5 Å². The predicted octanol–water partition coefficient (Wildman–Crippen LogP) is 3.14. The van der Waals surface area contributed by atoms with Crippen LogP contribution in [0.4, 0.5) is 11.4 Å². The maximum atomic E-state index is 13.1. The summed E-state index contributed by atoms with van der Waals surface area (Å²) >= 11 is 0. The molecule has 0 radical (unpaired) electrons. The first kappa shape index (κ1) is 19.5. The summed E-state index contributed by atoms with van der Waals surface area (Å²) in [5.74, 6) is 0.852. The second kappa shape index (κ2) is 7.61. The highest BCUT2D eigenvalue weighted by molar-refractivity contribution is 7.92. The first-order valence-corrected chi connectivity index (χ1v) is 9.20. The van der Waals surface area contributed by atoms with Crippen molar-refractivity contribution < 1.29 is 22.8 Å². The van der Waals surface area contributed by atoms with Gasteiger partial charge in [0.25, 0.3) is 15.7 Å². The third kappa shape index (κ3) is 3.57. The lowest BCUT2D eigenvalue weighted by atomic mass is 10.2. The zero-order valence-corrected chi connectivity index (χ0v) is 15.7. The molecule has 2 aromatic rings. The average Bonchev–Trinajstić information content (AvgIpc) is 2.61. The molecule has 0 saturated carbocycles. The molecule has 0 bridgehead atoms.